The summed E-state index contributed by atoms with van der Waals surface area (Å²) in [7, 11) is 0. The monoisotopic (exact) mass is 369 g/mol. The summed E-state index contributed by atoms with van der Waals surface area (Å²) in [4.78, 5) is 0. The average molecular weight is 371 g/mol. The van der Waals surface area contributed by atoms with Crippen molar-refractivity contribution >= 4 is 33.6 Å². The van der Waals surface area contributed by atoms with Crippen LogP contribution in [-0.2, 0) is 0 Å². The molecule has 1 fully saturated rings. The van der Waals surface area contributed by atoms with Crippen molar-refractivity contribution in [3.05, 3.63) is 38.8 Å². The Bertz CT molecular complexity index is 490. The van der Waals surface area contributed by atoms with Gasteiger partial charge in [0, 0.05) is 22.1 Å². The molecule has 1 aromatic carbocycles. The summed E-state index contributed by atoms with van der Waals surface area (Å²) >= 11 is 9.79. The second kappa shape index (κ2) is 8.36. The minimum Gasteiger partial charge on any atom is -0.311 e. The van der Waals surface area contributed by atoms with Gasteiger partial charge in [0.2, 0.25) is 0 Å². The summed E-state index contributed by atoms with van der Waals surface area (Å²) < 4.78 is 1.12. The Morgan fingerprint density at radius 2 is 2.05 bits per heavy atom. The molecule has 116 valence electrons. The molecular formula is C18H25BrClN. The second-order valence-electron chi connectivity index (χ2n) is 6.26. The molecule has 0 unspecified atom stereocenters. The summed E-state index contributed by atoms with van der Waals surface area (Å²) in [5, 5.41) is 4.38. The van der Waals surface area contributed by atoms with E-state index in [1.165, 1.54) is 43.2 Å². The largest absolute Gasteiger partial charge is 0.311 e. The van der Waals surface area contributed by atoms with Crippen LogP contribution in [0.2, 0.25) is 5.02 Å². The number of halogens is 2. The van der Waals surface area contributed by atoms with E-state index >= 15 is 0 Å². The molecule has 0 saturated heterocycles. The summed E-state index contributed by atoms with van der Waals surface area (Å²) in [5.41, 5.74) is 2.71. The number of nitrogens with one attached hydrogen (secondary N) is 1. The van der Waals surface area contributed by atoms with Crippen molar-refractivity contribution in [3.63, 3.8) is 0 Å². The molecule has 3 heteroatoms. The minimum absolute atomic E-state index is 0.514. The summed E-state index contributed by atoms with van der Waals surface area (Å²) in [6.45, 7) is 5.38. The van der Waals surface area contributed by atoms with Crippen LogP contribution in [0.3, 0.4) is 0 Å². The van der Waals surface area contributed by atoms with E-state index in [2.05, 4.69) is 41.2 Å². The lowest BCUT2D eigenvalue weighted by Crippen LogP contribution is -2.27. The molecule has 0 amide bonds. The van der Waals surface area contributed by atoms with Crippen molar-refractivity contribution in [1.82, 2.24) is 5.32 Å². The van der Waals surface area contributed by atoms with Gasteiger partial charge >= 0.3 is 0 Å². The fraction of sp³-hybridized carbons (Fsp3) is 0.556. The molecular weight excluding hydrogens is 346 g/mol. The molecule has 0 aliphatic heterocycles. The van der Waals surface area contributed by atoms with Crippen molar-refractivity contribution in [2.45, 2.75) is 52.0 Å². The summed E-state index contributed by atoms with van der Waals surface area (Å²) in [5.74, 6) is 0.718. The third-order valence-corrected chi connectivity index (χ3v) is 5.10. The SMILES string of the molecule is CC(C)NC/C(=C/c1cc(Cl)ccc1Br)C1CCCCC1. The van der Waals surface area contributed by atoms with E-state index in [1.807, 2.05) is 18.2 Å². The molecule has 1 nitrogen and oxygen atoms in total. The van der Waals surface area contributed by atoms with E-state index in [4.69, 9.17) is 11.6 Å². The van der Waals surface area contributed by atoms with Gasteiger partial charge in [-0.3, -0.25) is 0 Å². The molecule has 1 saturated carbocycles. The molecule has 0 atom stereocenters. The third kappa shape index (κ3) is 5.43. The molecule has 1 N–H and O–H groups in total. The van der Waals surface area contributed by atoms with Crippen LogP contribution in [0.15, 0.2) is 28.2 Å². The fourth-order valence-electron chi connectivity index (χ4n) is 2.93. The van der Waals surface area contributed by atoms with E-state index in [1.54, 1.807) is 0 Å². The molecule has 0 spiro atoms. The number of hydrogen-bond acceptors (Lipinski definition) is 1. The first-order valence-electron chi connectivity index (χ1n) is 7.95. The Balaban J connectivity index is 2.23. The number of hydrogen-bond donors (Lipinski definition) is 1. The van der Waals surface area contributed by atoms with Crippen LogP contribution in [0, 0.1) is 5.92 Å². The predicted molar refractivity (Wildman–Crippen MR) is 96.8 cm³/mol. The third-order valence-electron chi connectivity index (χ3n) is 4.14. The number of rotatable bonds is 5. The van der Waals surface area contributed by atoms with Crippen LogP contribution in [0.1, 0.15) is 51.5 Å². The van der Waals surface area contributed by atoms with Gasteiger partial charge in [-0.05, 0) is 42.5 Å². The fourth-order valence-corrected chi connectivity index (χ4v) is 3.48. The molecule has 0 heterocycles. The number of benzene rings is 1. The Morgan fingerprint density at radius 1 is 1.33 bits per heavy atom. The highest BCUT2D eigenvalue weighted by Crippen LogP contribution is 2.32. The zero-order valence-electron chi connectivity index (χ0n) is 13.0. The normalized spacial score (nSPS) is 17.5. The van der Waals surface area contributed by atoms with Gasteiger partial charge in [0.15, 0.2) is 0 Å². The van der Waals surface area contributed by atoms with Crippen LogP contribution in [0.4, 0.5) is 0 Å². The van der Waals surface area contributed by atoms with Crippen molar-refractivity contribution in [1.29, 1.82) is 0 Å². The molecule has 0 radical (unpaired) electrons. The topological polar surface area (TPSA) is 12.0 Å². The van der Waals surface area contributed by atoms with E-state index in [0.717, 1.165) is 22.0 Å². The highest BCUT2D eigenvalue weighted by molar-refractivity contribution is 9.10. The van der Waals surface area contributed by atoms with Crippen molar-refractivity contribution < 1.29 is 0 Å². The maximum atomic E-state index is 6.15. The minimum atomic E-state index is 0.514. The van der Waals surface area contributed by atoms with E-state index in [9.17, 15) is 0 Å². The van der Waals surface area contributed by atoms with Crippen LogP contribution in [0.25, 0.3) is 6.08 Å². The maximum absolute atomic E-state index is 6.15. The lowest BCUT2D eigenvalue weighted by Gasteiger charge is -2.26. The Labute approximate surface area is 142 Å². The highest BCUT2D eigenvalue weighted by Gasteiger charge is 2.18. The first kappa shape index (κ1) is 17.1. The molecule has 1 aliphatic carbocycles. The first-order chi connectivity index (χ1) is 10.1. The Kier molecular flexibility index (Phi) is 6.78. The predicted octanol–water partition coefficient (Wildman–Crippen LogP) is 6.06. The zero-order valence-corrected chi connectivity index (χ0v) is 15.3. The van der Waals surface area contributed by atoms with E-state index < -0.39 is 0 Å². The maximum Gasteiger partial charge on any atom is 0.0412 e. The Hall–Kier alpha value is -0.310. The van der Waals surface area contributed by atoms with Crippen LogP contribution in [-0.4, -0.2) is 12.6 Å². The van der Waals surface area contributed by atoms with Gasteiger partial charge in [0.05, 0.1) is 0 Å². The van der Waals surface area contributed by atoms with Gasteiger partial charge in [0.1, 0.15) is 0 Å². The van der Waals surface area contributed by atoms with E-state index in [-0.39, 0.29) is 0 Å². The van der Waals surface area contributed by atoms with Crippen molar-refractivity contribution in [2.24, 2.45) is 5.92 Å². The smallest absolute Gasteiger partial charge is 0.0412 e. The van der Waals surface area contributed by atoms with Crippen LogP contribution < -0.4 is 5.32 Å². The van der Waals surface area contributed by atoms with Gasteiger partial charge in [-0.1, -0.05) is 72.3 Å². The summed E-state index contributed by atoms with van der Waals surface area (Å²) in [6.07, 6.45) is 9.10. The van der Waals surface area contributed by atoms with Crippen molar-refractivity contribution in [2.75, 3.05) is 6.54 Å². The average Bonchev–Trinajstić information content (AvgIpc) is 2.47. The van der Waals surface area contributed by atoms with Crippen LogP contribution in [0.5, 0.6) is 0 Å². The van der Waals surface area contributed by atoms with Gasteiger partial charge in [-0.2, -0.15) is 0 Å². The first-order valence-corrected chi connectivity index (χ1v) is 9.12. The second-order valence-corrected chi connectivity index (χ2v) is 7.55. The zero-order chi connectivity index (χ0) is 15.2. The molecule has 2 rings (SSSR count). The quantitative estimate of drug-likeness (QED) is 0.663. The highest BCUT2D eigenvalue weighted by atomic mass is 79.9. The molecule has 0 bridgehead atoms. The standard InChI is InChI=1S/C18H25BrClN/c1-13(2)21-12-16(14-6-4-3-5-7-14)10-15-11-17(20)8-9-18(15)19/h8-11,13-14,21H,3-7,12H2,1-2H3/b16-10-. The van der Waals surface area contributed by atoms with Gasteiger partial charge in [0.25, 0.3) is 0 Å². The summed E-state index contributed by atoms with van der Waals surface area (Å²) in [6, 6.07) is 6.52. The molecule has 21 heavy (non-hydrogen) atoms. The van der Waals surface area contributed by atoms with Gasteiger partial charge in [-0.15, -0.1) is 0 Å². The van der Waals surface area contributed by atoms with E-state index in [0.29, 0.717) is 6.04 Å². The van der Waals surface area contributed by atoms with Crippen molar-refractivity contribution in [3.8, 4) is 0 Å². The van der Waals surface area contributed by atoms with Gasteiger partial charge < -0.3 is 5.32 Å². The lowest BCUT2D eigenvalue weighted by atomic mass is 9.83. The molecule has 0 aromatic heterocycles. The molecule has 1 aliphatic rings. The molecule has 1 aromatic rings. The van der Waals surface area contributed by atoms with Crippen LogP contribution >= 0.6 is 27.5 Å². The lowest BCUT2D eigenvalue weighted by molar-refractivity contribution is 0.394. The van der Waals surface area contributed by atoms with Gasteiger partial charge in [-0.25, -0.2) is 0 Å². The Morgan fingerprint density at radius 3 is 2.71 bits per heavy atom.